The van der Waals surface area contributed by atoms with Crippen molar-refractivity contribution in [2.45, 2.75) is 13.3 Å². The summed E-state index contributed by atoms with van der Waals surface area (Å²) < 4.78 is 0. The third-order valence-corrected chi connectivity index (χ3v) is 2.42. The summed E-state index contributed by atoms with van der Waals surface area (Å²) in [5.41, 5.74) is 8.89. The van der Waals surface area contributed by atoms with E-state index in [2.05, 4.69) is 35.1 Å². The molecule has 3 heteroatoms. The van der Waals surface area contributed by atoms with E-state index < -0.39 is 0 Å². The van der Waals surface area contributed by atoms with Crippen molar-refractivity contribution >= 4 is 0 Å². The Kier molecular flexibility index (Phi) is 3.27. The van der Waals surface area contributed by atoms with Gasteiger partial charge in [-0.3, -0.25) is 0 Å². The molecule has 0 saturated heterocycles. The molecule has 0 atom stereocenters. The molecule has 0 aliphatic rings. The van der Waals surface area contributed by atoms with Crippen molar-refractivity contribution in [1.82, 2.24) is 9.97 Å². The minimum Gasteiger partial charge on any atom is -0.330 e. The van der Waals surface area contributed by atoms with Crippen LogP contribution in [0, 0.1) is 6.92 Å². The quantitative estimate of drug-likeness (QED) is 0.847. The van der Waals surface area contributed by atoms with Gasteiger partial charge < -0.3 is 5.73 Å². The smallest absolute Gasteiger partial charge is 0.129 e. The minimum atomic E-state index is 0.587. The molecule has 1 aromatic carbocycles. The first-order valence-corrected chi connectivity index (χ1v) is 5.37. The Morgan fingerprint density at radius 3 is 2.50 bits per heavy atom. The van der Waals surface area contributed by atoms with Gasteiger partial charge >= 0.3 is 0 Å². The lowest BCUT2D eigenvalue weighted by Gasteiger charge is -2.03. The maximum Gasteiger partial charge on any atom is 0.129 e. The first kappa shape index (κ1) is 10.8. The molecule has 0 spiro atoms. The van der Waals surface area contributed by atoms with Crippen molar-refractivity contribution < 1.29 is 0 Å². The Bertz CT molecular complexity index is 463. The van der Waals surface area contributed by atoms with Gasteiger partial charge in [0.15, 0.2) is 0 Å². The molecule has 2 rings (SSSR count). The molecule has 0 fully saturated rings. The Labute approximate surface area is 95.4 Å². The number of hydrogen-bond acceptors (Lipinski definition) is 3. The number of nitrogens with zero attached hydrogens (tertiary/aromatic N) is 2. The molecule has 0 aliphatic heterocycles. The average Bonchev–Trinajstić information content (AvgIpc) is 2.30. The Hall–Kier alpha value is -1.74. The predicted octanol–water partition coefficient (Wildman–Crippen LogP) is 1.95. The van der Waals surface area contributed by atoms with Gasteiger partial charge in [-0.2, -0.15) is 0 Å². The monoisotopic (exact) mass is 213 g/mol. The van der Waals surface area contributed by atoms with Crippen LogP contribution in [0.1, 0.15) is 11.4 Å². The third-order valence-electron chi connectivity index (χ3n) is 2.42. The lowest BCUT2D eigenvalue weighted by Crippen LogP contribution is -2.06. The molecule has 0 unspecified atom stereocenters. The van der Waals surface area contributed by atoms with E-state index in [9.17, 15) is 0 Å². The van der Waals surface area contributed by atoms with Gasteiger partial charge in [0, 0.05) is 24.4 Å². The Balaban J connectivity index is 2.27. The van der Waals surface area contributed by atoms with Gasteiger partial charge in [-0.05, 0) is 19.0 Å². The second kappa shape index (κ2) is 4.86. The molecule has 82 valence electrons. The fraction of sp³-hybridized carbons (Fsp3) is 0.231. The van der Waals surface area contributed by atoms with Crippen molar-refractivity contribution in [3.63, 3.8) is 0 Å². The van der Waals surface area contributed by atoms with E-state index in [0.29, 0.717) is 6.54 Å². The predicted molar refractivity (Wildman–Crippen MR) is 65.0 cm³/mol. The lowest BCUT2D eigenvalue weighted by atomic mass is 10.1. The summed E-state index contributed by atoms with van der Waals surface area (Å²) in [7, 11) is 0. The lowest BCUT2D eigenvalue weighted by molar-refractivity contribution is 0.868. The normalized spacial score (nSPS) is 10.4. The SMILES string of the molecule is Cc1cccc(-c2cnc(CCN)nc2)c1. The molecule has 2 aromatic rings. The summed E-state index contributed by atoms with van der Waals surface area (Å²) in [5.74, 6) is 0.805. The summed E-state index contributed by atoms with van der Waals surface area (Å²) in [6, 6.07) is 8.31. The number of aromatic nitrogens is 2. The van der Waals surface area contributed by atoms with Gasteiger partial charge in [0.25, 0.3) is 0 Å². The first-order valence-electron chi connectivity index (χ1n) is 5.37. The van der Waals surface area contributed by atoms with E-state index in [1.807, 2.05) is 18.5 Å². The average molecular weight is 213 g/mol. The van der Waals surface area contributed by atoms with E-state index in [1.165, 1.54) is 5.56 Å². The summed E-state index contributed by atoms with van der Waals surface area (Å²) in [5, 5.41) is 0. The molecule has 0 amide bonds. The standard InChI is InChI=1S/C13H15N3/c1-10-3-2-4-11(7-10)12-8-15-13(5-6-14)16-9-12/h2-4,7-9H,5-6,14H2,1H3. The Morgan fingerprint density at radius 1 is 1.12 bits per heavy atom. The summed E-state index contributed by atoms with van der Waals surface area (Å²) in [6.45, 7) is 2.66. The van der Waals surface area contributed by atoms with Gasteiger partial charge in [-0.25, -0.2) is 9.97 Å². The van der Waals surface area contributed by atoms with Crippen LogP contribution < -0.4 is 5.73 Å². The van der Waals surface area contributed by atoms with Crippen LogP contribution in [0.25, 0.3) is 11.1 Å². The maximum atomic E-state index is 5.45. The van der Waals surface area contributed by atoms with E-state index in [-0.39, 0.29) is 0 Å². The van der Waals surface area contributed by atoms with Gasteiger partial charge in [0.2, 0.25) is 0 Å². The van der Waals surface area contributed by atoms with Crippen LogP contribution >= 0.6 is 0 Å². The fourth-order valence-corrected chi connectivity index (χ4v) is 1.59. The second-order valence-electron chi connectivity index (χ2n) is 3.80. The largest absolute Gasteiger partial charge is 0.330 e. The number of hydrogen-bond donors (Lipinski definition) is 1. The first-order chi connectivity index (χ1) is 7.79. The van der Waals surface area contributed by atoms with E-state index >= 15 is 0 Å². The summed E-state index contributed by atoms with van der Waals surface area (Å²) in [6.07, 6.45) is 4.44. The van der Waals surface area contributed by atoms with Crippen molar-refractivity contribution in [2.24, 2.45) is 5.73 Å². The maximum absolute atomic E-state index is 5.45. The Morgan fingerprint density at radius 2 is 1.88 bits per heavy atom. The van der Waals surface area contributed by atoms with Gasteiger partial charge in [-0.1, -0.05) is 29.8 Å². The van der Waals surface area contributed by atoms with Gasteiger partial charge in [0.05, 0.1) is 0 Å². The number of benzene rings is 1. The minimum absolute atomic E-state index is 0.587. The molecule has 0 radical (unpaired) electrons. The van der Waals surface area contributed by atoms with Crippen LogP contribution in [-0.4, -0.2) is 16.5 Å². The molecule has 16 heavy (non-hydrogen) atoms. The van der Waals surface area contributed by atoms with Crippen molar-refractivity contribution in [2.75, 3.05) is 6.54 Å². The topological polar surface area (TPSA) is 51.8 Å². The number of nitrogens with two attached hydrogens (primary N) is 1. The van der Waals surface area contributed by atoms with Crippen LogP contribution in [0.5, 0.6) is 0 Å². The highest BCUT2D eigenvalue weighted by Gasteiger charge is 2.00. The van der Waals surface area contributed by atoms with E-state index in [0.717, 1.165) is 23.4 Å². The van der Waals surface area contributed by atoms with Crippen LogP contribution in [0.3, 0.4) is 0 Å². The zero-order chi connectivity index (χ0) is 11.4. The summed E-state index contributed by atoms with van der Waals surface area (Å²) >= 11 is 0. The number of rotatable bonds is 3. The molecule has 0 saturated carbocycles. The molecule has 3 nitrogen and oxygen atoms in total. The highest BCUT2D eigenvalue weighted by Crippen LogP contribution is 2.18. The molecule has 1 heterocycles. The summed E-state index contributed by atoms with van der Waals surface area (Å²) in [4.78, 5) is 8.57. The van der Waals surface area contributed by atoms with Gasteiger partial charge in [-0.15, -0.1) is 0 Å². The highest BCUT2D eigenvalue weighted by atomic mass is 14.9. The molecule has 1 aromatic heterocycles. The molecule has 2 N–H and O–H groups in total. The highest BCUT2D eigenvalue weighted by molar-refractivity contribution is 5.62. The second-order valence-corrected chi connectivity index (χ2v) is 3.80. The molecule has 0 aliphatic carbocycles. The third kappa shape index (κ3) is 2.44. The van der Waals surface area contributed by atoms with E-state index in [4.69, 9.17) is 5.73 Å². The molecular weight excluding hydrogens is 198 g/mol. The van der Waals surface area contributed by atoms with Crippen LogP contribution in [0.15, 0.2) is 36.7 Å². The van der Waals surface area contributed by atoms with E-state index in [1.54, 1.807) is 0 Å². The van der Waals surface area contributed by atoms with Crippen molar-refractivity contribution in [3.05, 3.63) is 48.0 Å². The van der Waals surface area contributed by atoms with Crippen molar-refractivity contribution in [3.8, 4) is 11.1 Å². The molecular formula is C13H15N3. The zero-order valence-electron chi connectivity index (χ0n) is 9.35. The van der Waals surface area contributed by atoms with Crippen LogP contribution in [0.4, 0.5) is 0 Å². The van der Waals surface area contributed by atoms with Crippen molar-refractivity contribution in [1.29, 1.82) is 0 Å². The van der Waals surface area contributed by atoms with Crippen LogP contribution in [-0.2, 0) is 6.42 Å². The molecule has 0 bridgehead atoms. The zero-order valence-corrected chi connectivity index (χ0v) is 9.35. The van der Waals surface area contributed by atoms with Gasteiger partial charge in [0.1, 0.15) is 5.82 Å². The fourth-order valence-electron chi connectivity index (χ4n) is 1.59. The number of aryl methyl sites for hydroxylation is 1. The van der Waals surface area contributed by atoms with Crippen LogP contribution in [0.2, 0.25) is 0 Å².